The van der Waals surface area contributed by atoms with Gasteiger partial charge in [0.1, 0.15) is 11.6 Å². The van der Waals surface area contributed by atoms with E-state index in [1.54, 1.807) is 18.2 Å². The summed E-state index contributed by atoms with van der Waals surface area (Å²) in [6.07, 6.45) is 3.01. The zero-order valence-electron chi connectivity index (χ0n) is 14.4. The van der Waals surface area contributed by atoms with Crippen LogP contribution in [0.25, 0.3) is 22.7 Å². The van der Waals surface area contributed by atoms with E-state index in [-0.39, 0.29) is 11.6 Å². The molecule has 0 fully saturated rings. The molecule has 0 radical (unpaired) electrons. The van der Waals surface area contributed by atoms with Gasteiger partial charge in [0.2, 0.25) is 0 Å². The normalized spacial score (nSPS) is 15.6. The molecule has 1 aromatic heterocycles. The van der Waals surface area contributed by atoms with Crippen molar-refractivity contribution >= 4 is 22.7 Å². The molecule has 0 unspecified atom stereocenters. The summed E-state index contributed by atoms with van der Waals surface area (Å²) >= 11 is 0. The summed E-state index contributed by atoms with van der Waals surface area (Å²) in [4.78, 5) is 2.26. The van der Waals surface area contributed by atoms with Crippen molar-refractivity contribution in [2.75, 3.05) is 13.6 Å². The van der Waals surface area contributed by atoms with Crippen LogP contribution in [0.2, 0.25) is 0 Å². The first-order valence-corrected chi connectivity index (χ1v) is 8.47. The van der Waals surface area contributed by atoms with Gasteiger partial charge in [0.15, 0.2) is 0 Å². The van der Waals surface area contributed by atoms with Gasteiger partial charge in [-0.15, -0.1) is 0 Å². The van der Waals surface area contributed by atoms with E-state index < -0.39 is 0 Å². The number of halogens is 2. The van der Waals surface area contributed by atoms with E-state index in [9.17, 15) is 8.78 Å². The maximum Gasteiger partial charge on any atom is 0.123 e. The summed E-state index contributed by atoms with van der Waals surface area (Å²) in [5.74, 6) is -0.446. The number of hydrogen-bond donors (Lipinski definition) is 0. The molecule has 2 heterocycles. The molecule has 0 N–H and O–H groups in total. The predicted molar refractivity (Wildman–Crippen MR) is 98.2 cm³/mol. The maximum absolute atomic E-state index is 13.8. The maximum atomic E-state index is 13.8. The van der Waals surface area contributed by atoms with Crippen LogP contribution >= 0.6 is 0 Å². The van der Waals surface area contributed by atoms with Crippen molar-refractivity contribution in [3.05, 3.63) is 70.9 Å². The van der Waals surface area contributed by atoms with Crippen LogP contribution in [0.15, 0.2) is 42.5 Å². The predicted octanol–water partition coefficient (Wildman–Crippen LogP) is 4.93. The molecule has 0 atom stereocenters. The van der Waals surface area contributed by atoms with Crippen LogP contribution in [0.3, 0.4) is 0 Å². The van der Waals surface area contributed by atoms with Crippen LogP contribution in [-0.2, 0) is 13.0 Å². The van der Waals surface area contributed by atoms with Crippen molar-refractivity contribution in [3.8, 4) is 0 Å². The number of benzene rings is 2. The zero-order chi connectivity index (χ0) is 17.6. The zero-order valence-corrected chi connectivity index (χ0v) is 14.4. The number of hydrogen-bond acceptors (Lipinski definition) is 1. The fourth-order valence-corrected chi connectivity index (χ4v) is 3.63. The van der Waals surface area contributed by atoms with E-state index in [0.717, 1.165) is 41.5 Å². The summed E-state index contributed by atoms with van der Waals surface area (Å²) in [5, 5.41) is 0.977. The molecule has 4 rings (SSSR count). The average molecular weight is 338 g/mol. The lowest BCUT2D eigenvalue weighted by atomic mass is 10.0. The second-order valence-corrected chi connectivity index (χ2v) is 6.76. The third-order valence-electron chi connectivity index (χ3n) is 4.96. The van der Waals surface area contributed by atoms with Crippen molar-refractivity contribution in [1.29, 1.82) is 0 Å². The molecule has 0 bridgehead atoms. The minimum absolute atomic E-state index is 0.208. The van der Waals surface area contributed by atoms with Crippen LogP contribution in [0, 0.1) is 11.6 Å². The number of rotatable bonds is 2. The van der Waals surface area contributed by atoms with Crippen LogP contribution in [-0.4, -0.2) is 23.1 Å². The standard InChI is InChI=1S/C21H20F2N2/c1-14(15-3-5-16(22)6-4-15)12-25-20-8-7-17(23)11-18(20)19-13-24(2)10-9-21(19)25/h3-8,11-12H,9-10,13H2,1-2H3/b14-12+. The second-order valence-electron chi connectivity index (χ2n) is 6.76. The van der Waals surface area contributed by atoms with Crippen LogP contribution in [0.4, 0.5) is 8.78 Å². The molecule has 0 amide bonds. The Kier molecular flexibility index (Phi) is 3.92. The Morgan fingerprint density at radius 3 is 2.52 bits per heavy atom. The monoisotopic (exact) mass is 338 g/mol. The Balaban J connectivity index is 1.89. The van der Waals surface area contributed by atoms with Gasteiger partial charge >= 0.3 is 0 Å². The number of aromatic nitrogens is 1. The van der Waals surface area contributed by atoms with Crippen molar-refractivity contribution in [2.45, 2.75) is 19.9 Å². The number of fused-ring (bicyclic) bond motifs is 3. The first-order chi connectivity index (χ1) is 12.0. The number of likely N-dealkylation sites (N-methyl/N-ethyl adjacent to an activating group) is 1. The minimum atomic E-state index is -0.237. The molecular formula is C21H20F2N2. The average Bonchev–Trinajstić information content (AvgIpc) is 2.88. The first-order valence-electron chi connectivity index (χ1n) is 8.47. The van der Waals surface area contributed by atoms with Crippen LogP contribution < -0.4 is 0 Å². The fourth-order valence-electron chi connectivity index (χ4n) is 3.63. The molecule has 0 saturated carbocycles. The smallest absolute Gasteiger partial charge is 0.123 e. The Morgan fingerprint density at radius 2 is 1.76 bits per heavy atom. The van der Waals surface area contributed by atoms with E-state index in [1.807, 2.05) is 13.0 Å². The SMILES string of the molecule is C/C(=C\n1c2c(c3cc(F)ccc31)CN(C)CC2)c1ccc(F)cc1. The highest BCUT2D eigenvalue weighted by molar-refractivity contribution is 5.90. The molecule has 0 saturated heterocycles. The Labute approximate surface area is 146 Å². The summed E-state index contributed by atoms with van der Waals surface area (Å²) in [6.45, 7) is 3.82. The molecule has 2 aromatic carbocycles. The van der Waals surface area contributed by atoms with Gasteiger partial charge in [0, 0.05) is 36.8 Å². The molecule has 3 aromatic rings. The molecule has 2 nitrogen and oxygen atoms in total. The molecule has 0 spiro atoms. The molecule has 1 aliphatic rings. The molecule has 25 heavy (non-hydrogen) atoms. The molecule has 128 valence electrons. The van der Waals surface area contributed by atoms with Gasteiger partial charge < -0.3 is 9.47 Å². The van der Waals surface area contributed by atoms with Gasteiger partial charge in [0.05, 0.1) is 5.52 Å². The summed E-state index contributed by atoms with van der Waals surface area (Å²) < 4.78 is 29.2. The summed E-state index contributed by atoms with van der Waals surface area (Å²) in [5.41, 5.74) is 5.48. The van der Waals surface area contributed by atoms with Crippen molar-refractivity contribution < 1.29 is 8.78 Å². The van der Waals surface area contributed by atoms with E-state index in [2.05, 4.69) is 22.7 Å². The number of nitrogens with zero attached hydrogens (tertiary/aromatic N) is 2. The molecule has 1 aliphatic heterocycles. The second kappa shape index (κ2) is 6.12. The van der Waals surface area contributed by atoms with Gasteiger partial charge in [-0.1, -0.05) is 12.1 Å². The van der Waals surface area contributed by atoms with Gasteiger partial charge in [0.25, 0.3) is 0 Å². The first kappa shape index (κ1) is 16.0. The van der Waals surface area contributed by atoms with Crippen LogP contribution in [0.1, 0.15) is 23.7 Å². The lowest BCUT2D eigenvalue weighted by molar-refractivity contribution is 0.312. The molecule has 0 aliphatic carbocycles. The third kappa shape index (κ3) is 2.87. The van der Waals surface area contributed by atoms with Crippen molar-refractivity contribution in [2.24, 2.45) is 0 Å². The van der Waals surface area contributed by atoms with Gasteiger partial charge in [-0.3, -0.25) is 0 Å². The van der Waals surface area contributed by atoms with E-state index in [1.165, 1.54) is 29.5 Å². The summed E-state index contributed by atoms with van der Waals surface area (Å²) in [7, 11) is 2.09. The lowest BCUT2D eigenvalue weighted by Gasteiger charge is -2.23. The Morgan fingerprint density at radius 1 is 1.04 bits per heavy atom. The van der Waals surface area contributed by atoms with Crippen molar-refractivity contribution in [3.63, 3.8) is 0 Å². The van der Waals surface area contributed by atoms with E-state index >= 15 is 0 Å². The Hall–Kier alpha value is -2.46. The third-order valence-corrected chi connectivity index (χ3v) is 4.96. The topological polar surface area (TPSA) is 8.17 Å². The van der Waals surface area contributed by atoms with E-state index in [4.69, 9.17) is 0 Å². The minimum Gasteiger partial charge on any atom is -0.320 e. The number of allylic oxidation sites excluding steroid dienone is 1. The highest BCUT2D eigenvalue weighted by Crippen LogP contribution is 2.32. The van der Waals surface area contributed by atoms with Crippen LogP contribution in [0.5, 0.6) is 0 Å². The van der Waals surface area contributed by atoms with Gasteiger partial charge in [-0.2, -0.15) is 0 Å². The highest BCUT2D eigenvalue weighted by atomic mass is 19.1. The quantitative estimate of drug-likeness (QED) is 0.643. The van der Waals surface area contributed by atoms with E-state index in [0.29, 0.717) is 0 Å². The summed E-state index contributed by atoms with van der Waals surface area (Å²) in [6, 6.07) is 11.5. The van der Waals surface area contributed by atoms with Gasteiger partial charge in [-0.05, 0) is 61.0 Å². The van der Waals surface area contributed by atoms with Crippen molar-refractivity contribution in [1.82, 2.24) is 9.47 Å². The fraction of sp³-hybridized carbons (Fsp3) is 0.238. The lowest BCUT2D eigenvalue weighted by Crippen LogP contribution is -2.26. The molecular weight excluding hydrogens is 318 g/mol. The van der Waals surface area contributed by atoms with Gasteiger partial charge in [-0.25, -0.2) is 8.78 Å². The molecule has 4 heteroatoms. The Bertz CT molecular complexity index is 968. The highest BCUT2D eigenvalue weighted by Gasteiger charge is 2.22. The largest absolute Gasteiger partial charge is 0.320 e.